The van der Waals surface area contributed by atoms with Crippen LogP contribution in [-0.4, -0.2) is 46.1 Å². The van der Waals surface area contributed by atoms with Gasteiger partial charge in [-0.15, -0.1) is 5.10 Å². The van der Waals surface area contributed by atoms with Gasteiger partial charge in [0.15, 0.2) is 12.4 Å². The van der Waals surface area contributed by atoms with E-state index < -0.39 is 12.5 Å². The number of rotatable bonds is 4. The van der Waals surface area contributed by atoms with E-state index in [1.807, 2.05) is 19.9 Å². The van der Waals surface area contributed by atoms with Crippen molar-refractivity contribution in [1.82, 2.24) is 15.2 Å². The van der Waals surface area contributed by atoms with Crippen molar-refractivity contribution in [2.24, 2.45) is 0 Å². The zero-order valence-corrected chi connectivity index (χ0v) is 17.3. The average Bonchev–Trinajstić information content (AvgIpc) is 3.33. The summed E-state index contributed by atoms with van der Waals surface area (Å²) in [6.45, 7) is 4.39. The highest BCUT2D eigenvalue weighted by Gasteiger charge is 2.42. The first-order valence-corrected chi connectivity index (χ1v) is 10.3. The predicted molar refractivity (Wildman–Crippen MR) is 113 cm³/mol. The molecule has 2 N–H and O–H groups in total. The fourth-order valence-electron chi connectivity index (χ4n) is 4.27. The minimum Gasteiger partial charge on any atom is -0.486 e. The number of anilines is 2. The molecule has 2 atom stereocenters. The van der Waals surface area contributed by atoms with E-state index in [2.05, 4.69) is 25.4 Å². The number of hydrogen-bond donors (Lipinski definition) is 2. The number of fused-ring (bicyclic) bond motifs is 2. The van der Waals surface area contributed by atoms with Crippen molar-refractivity contribution >= 4 is 22.4 Å². The molecule has 2 aliphatic rings. The van der Waals surface area contributed by atoms with Crippen LogP contribution in [0.15, 0.2) is 30.5 Å². The molecule has 0 bridgehead atoms. The van der Waals surface area contributed by atoms with Crippen LogP contribution in [-0.2, 0) is 5.92 Å². The molecule has 162 valence electrons. The number of benzene rings is 1. The maximum Gasteiger partial charge on any atom is 0.310 e. The second kappa shape index (κ2) is 7.26. The monoisotopic (exact) mass is 427 g/mol. The first-order chi connectivity index (χ1) is 14.8. The standard InChI is InChI=1S/C22H23F2N5O2/c1-12(16-4-3-5-18-20(16)31-11-22(18,23)24)26-21-17-8-14(29-7-6-15(30)10-29)9-25-19(17)13(2)27-28-21/h3-5,8-9,12,15,30H,6-7,10-11H2,1-2H3,(H,26,28)/t12-,15+/m1/s1. The number of halogens is 2. The predicted octanol–water partition coefficient (Wildman–Crippen LogP) is 3.56. The first-order valence-electron chi connectivity index (χ1n) is 10.3. The third-order valence-electron chi connectivity index (χ3n) is 5.96. The Labute approximate surface area is 178 Å². The lowest BCUT2D eigenvalue weighted by molar-refractivity contribution is -0.0214. The molecule has 1 aromatic carbocycles. The van der Waals surface area contributed by atoms with Crippen LogP contribution in [0.25, 0.3) is 10.9 Å². The topological polar surface area (TPSA) is 83.4 Å². The molecule has 31 heavy (non-hydrogen) atoms. The van der Waals surface area contributed by atoms with E-state index in [4.69, 9.17) is 4.74 Å². The average molecular weight is 427 g/mol. The number of aryl methyl sites for hydroxylation is 1. The van der Waals surface area contributed by atoms with E-state index in [-0.39, 0.29) is 23.5 Å². The Morgan fingerprint density at radius 3 is 2.94 bits per heavy atom. The van der Waals surface area contributed by atoms with Crippen molar-refractivity contribution in [2.75, 3.05) is 29.9 Å². The maximum atomic E-state index is 14.1. The molecule has 1 saturated heterocycles. The number of nitrogens with zero attached hydrogens (tertiary/aromatic N) is 4. The highest BCUT2D eigenvalue weighted by Crippen LogP contribution is 2.45. The summed E-state index contributed by atoms with van der Waals surface area (Å²) < 4.78 is 33.5. The molecule has 4 heterocycles. The van der Waals surface area contributed by atoms with Crippen molar-refractivity contribution in [1.29, 1.82) is 0 Å². The van der Waals surface area contributed by atoms with Crippen LogP contribution < -0.4 is 15.0 Å². The summed E-state index contributed by atoms with van der Waals surface area (Å²) in [6.07, 6.45) is 2.16. The van der Waals surface area contributed by atoms with Crippen molar-refractivity contribution in [3.8, 4) is 5.75 Å². The molecule has 0 aliphatic carbocycles. The quantitative estimate of drug-likeness (QED) is 0.659. The molecule has 7 nitrogen and oxygen atoms in total. The van der Waals surface area contributed by atoms with Crippen molar-refractivity contribution < 1.29 is 18.6 Å². The number of pyridine rings is 1. The smallest absolute Gasteiger partial charge is 0.310 e. The molecule has 0 radical (unpaired) electrons. The Bertz CT molecular complexity index is 1160. The summed E-state index contributed by atoms with van der Waals surface area (Å²) in [6, 6.07) is 6.43. The normalized spacial score (nSPS) is 20.5. The molecule has 2 aliphatic heterocycles. The number of ether oxygens (including phenoxy) is 1. The maximum absolute atomic E-state index is 14.1. The van der Waals surface area contributed by atoms with E-state index >= 15 is 0 Å². The molecule has 0 amide bonds. The van der Waals surface area contributed by atoms with Gasteiger partial charge < -0.3 is 20.1 Å². The van der Waals surface area contributed by atoms with Gasteiger partial charge >= 0.3 is 5.92 Å². The number of nitrogens with one attached hydrogen (secondary N) is 1. The summed E-state index contributed by atoms with van der Waals surface area (Å²) in [5.74, 6) is -2.24. The highest BCUT2D eigenvalue weighted by molar-refractivity contribution is 5.92. The van der Waals surface area contributed by atoms with Crippen LogP contribution in [0, 0.1) is 6.92 Å². The summed E-state index contributed by atoms with van der Waals surface area (Å²) in [5, 5.41) is 22.5. The molecule has 3 aromatic rings. The van der Waals surface area contributed by atoms with Crippen molar-refractivity contribution in [3.05, 3.63) is 47.3 Å². The van der Waals surface area contributed by atoms with E-state index in [0.29, 0.717) is 29.1 Å². The molecule has 0 spiro atoms. The van der Waals surface area contributed by atoms with Gasteiger partial charge in [-0.1, -0.05) is 12.1 Å². The van der Waals surface area contributed by atoms with Gasteiger partial charge in [0, 0.05) is 24.0 Å². The molecule has 0 saturated carbocycles. The third-order valence-corrected chi connectivity index (χ3v) is 5.96. The van der Waals surface area contributed by atoms with Crippen LogP contribution in [0.4, 0.5) is 20.3 Å². The van der Waals surface area contributed by atoms with E-state index in [0.717, 1.165) is 24.0 Å². The van der Waals surface area contributed by atoms with Gasteiger partial charge in [0.1, 0.15) is 5.75 Å². The van der Waals surface area contributed by atoms with Gasteiger partial charge in [0.05, 0.1) is 40.8 Å². The largest absolute Gasteiger partial charge is 0.486 e. The van der Waals surface area contributed by atoms with Crippen molar-refractivity contribution in [2.45, 2.75) is 38.3 Å². The third kappa shape index (κ3) is 3.42. The molecular weight excluding hydrogens is 404 g/mol. The summed E-state index contributed by atoms with van der Waals surface area (Å²) in [7, 11) is 0. The van der Waals surface area contributed by atoms with Crippen LogP contribution in [0.3, 0.4) is 0 Å². The molecule has 2 aromatic heterocycles. The lowest BCUT2D eigenvalue weighted by Gasteiger charge is -2.20. The highest BCUT2D eigenvalue weighted by atomic mass is 19.3. The Kier molecular flexibility index (Phi) is 4.65. The zero-order chi connectivity index (χ0) is 21.8. The SMILES string of the molecule is Cc1nnc(N[C@H](C)c2cccc3c2OCC3(F)F)c2cc(N3CC[C@H](O)C3)cnc12. The van der Waals surface area contributed by atoms with Crippen LogP contribution in [0.5, 0.6) is 5.75 Å². The molecule has 0 unspecified atom stereocenters. The minimum atomic E-state index is -2.99. The number of aliphatic hydroxyl groups is 1. The lowest BCUT2D eigenvalue weighted by atomic mass is 10.0. The Balaban J connectivity index is 1.51. The number of alkyl halides is 2. The van der Waals surface area contributed by atoms with Crippen LogP contribution in [0.2, 0.25) is 0 Å². The fraction of sp³-hybridized carbons (Fsp3) is 0.409. The summed E-state index contributed by atoms with van der Waals surface area (Å²) >= 11 is 0. The molecule has 9 heteroatoms. The number of aromatic nitrogens is 3. The zero-order valence-electron chi connectivity index (χ0n) is 17.3. The van der Waals surface area contributed by atoms with Gasteiger partial charge in [0.25, 0.3) is 0 Å². The molecular formula is C22H23F2N5O2. The number of β-amino-alcohol motifs (C(OH)–C–C–N with tert-alkyl or cyclic N) is 1. The van der Waals surface area contributed by atoms with Gasteiger partial charge in [0.2, 0.25) is 0 Å². The van der Waals surface area contributed by atoms with E-state index in [1.54, 1.807) is 18.3 Å². The molecule has 1 fully saturated rings. The Morgan fingerprint density at radius 2 is 2.16 bits per heavy atom. The Morgan fingerprint density at radius 1 is 1.32 bits per heavy atom. The minimum absolute atomic E-state index is 0.0879. The van der Waals surface area contributed by atoms with E-state index in [9.17, 15) is 13.9 Å². The van der Waals surface area contributed by atoms with Gasteiger partial charge in [-0.25, -0.2) is 0 Å². The number of para-hydroxylation sites is 1. The van der Waals surface area contributed by atoms with E-state index in [1.165, 1.54) is 6.07 Å². The summed E-state index contributed by atoms with van der Waals surface area (Å²) in [5.41, 5.74) is 2.86. The molecule has 5 rings (SSSR count). The number of aliphatic hydroxyl groups excluding tert-OH is 1. The Hall–Kier alpha value is -3.07. The lowest BCUT2D eigenvalue weighted by Crippen LogP contribution is -2.21. The second-order valence-corrected chi connectivity index (χ2v) is 8.20. The number of hydrogen-bond acceptors (Lipinski definition) is 7. The first kappa shape index (κ1) is 19.9. The van der Waals surface area contributed by atoms with Gasteiger partial charge in [-0.3, -0.25) is 4.98 Å². The van der Waals surface area contributed by atoms with Gasteiger partial charge in [-0.2, -0.15) is 13.9 Å². The van der Waals surface area contributed by atoms with Crippen LogP contribution in [0.1, 0.15) is 36.2 Å². The summed E-state index contributed by atoms with van der Waals surface area (Å²) in [4.78, 5) is 6.66. The van der Waals surface area contributed by atoms with Gasteiger partial charge in [-0.05, 0) is 32.4 Å². The second-order valence-electron chi connectivity index (χ2n) is 8.20. The van der Waals surface area contributed by atoms with Crippen LogP contribution >= 0.6 is 0 Å². The van der Waals surface area contributed by atoms with Crippen molar-refractivity contribution in [3.63, 3.8) is 0 Å². The fourth-order valence-corrected chi connectivity index (χ4v) is 4.27.